The van der Waals surface area contributed by atoms with Gasteiger partial charge in [-0.05, 0) is 20.8 Å². The first kappa shape index (κ1) is 10.7. The number of hydrogen-bond donors (Lipinski definition) is 2. The maximum atomic E-state index is 10.6. The molecular formula is C9H14N2O3. The van der Waals surface area contributed by atoms with E-state index < -0.39 is 11.6 Å². The first-order valence-corrected chi connectivity index (χ1v) is 4.40. The van der Waals surface area contributed by atoms with E-state index in [1.807, 2.05) is 20.8 Å². The van der Waals surface area contributed by atoms with Gasteiger partial charge in [-0.1, -0.05) is 0 Å². The van der Waals surface area contributed by atoms with Gasteiger partial charge in [0.1, 0.15) is 17.1 Å². The van der Waals surface area contributed by atoms with E-state index in [-0.39, 0.29) is 5.69 Å². The Morgan fingerprint density at radius 1 is 1.71 bits per heavy atom. The van der Waals surface area contributed by atoms with Gasteiger partial charge in [-0.15, -0.1) is 0 Å². The summed E-state index contributed by atoms with van der Waals surface area (Å²) in [6.45, 7) is 6.10. The van der Waals surface area contributed by atoms with Crippen LogP contribution in [0.5, 0.6) is 0 Å². The molecule has 0 bridgehead atoms. The van der Waals surface area contributed by atoms with Crippen LogP contribution in [-0.2, 0) is 10.3 Å². The molecule has 78 valence electrons. The van der Waals surface area contributed by atoms with Crippen LogP contribution in [0.3, 0.4) is 0 Å². The topological polar surface area (TPSA) is 75.2 Å². The van der Waals surface area contributed by atoms with Crippen LogP contribution in [0.2, 0.25) is 0 Å². The van der Waals surface area contributed by atoms with Crippen LogP contribution >= 0.6 is 0 Å². The molecule has 0 fully saturated rings. The van der Waals surface area contributed by atoms with E-state index in [0.29, 0.717) is 12.4 Å². The maximum absolute atomic E-state index is 10.6. The number of aromatic nitrogens is 2. The molecule has 2 N–H and O–H groups in total. The van der Waals surface area contributed by atoms with E-state index in [4.69, 9.17) is 9.84 Å². The zero-order chi connectivity index (χ0) is 10.8. The lowest BCUT2D eigenvalue weighted by molar-refractivity contribution is -0.0202. The van der Waals surface area contributed by atoms with E-state index in [1.165, 1.54) is 6.20 Å². The van der Waals surface area contributed by atoms with Crippen molar-refractivity contribution in [2.24, 2.45) is 0 Å². The number of nitrogens with one attached hydrogen (secondary N) is 1. The molecule has 1 aromatic heterocycles. The highest BCUT2D eigenvalue weighted by Gasteiger charge is 2.25. The van der Waals surface area contributed by atoms with E-state index in [9.17, 15) is 4.79 Å². The number of rotatable bonds is 4. The number of carboxylic acids is 1. The second-order valence-corrected chi connectivity index (χ2v) is 3.39. The summed E-state index contributed by atoms with van der Waals surface area (Å²) >= 11 is 0. The molecule has 0 aliphatic carbocycles. The molecule has 1 rings (SSSR count). The molecule has 0 aliphatic rings. The molecule has 0 aromatic carbocycles. The standard InChI is InChI=1S/C9H14N2O3/c1-4-14-9(2,3)8-10-5-6(11-8)7(12)13/h5H,4H2,1-3H3,(H,10,11)(H,12,13). The van der Waals surface area contributed by atoms with Crippen molar-refractivity contribution in [3.8, 4) is 0 Å². The Morgan fingerprint density at radius 3 is 2.79 bits per heavy atom. The molecule has 0 amide bonds. The van der Waals surface area contributed by atoms with Gasteiger partial charge in [-0.25, -0.2) is 9.78 Å². The molecule has 1 aromatic rings. The number of imidazole rings is 1. The highest BCUT2D eigenvalue weighted by molar-refractivity contribution is 5.85. The van der Waals surface area contributed by atoms with Gasteiger partial charge in [0.25, 0.3) is 0 Å². The summed E-state index contributed by atoms with van der Waals surface area (Å²) in [6, 6.07) is 0. The van der Waals surface area contributed by atoms with Crippen molar-refractivity contribution in [1.29, 1.82) is 0 Å². The van der Waals surface area contributed by atoms with Crippen molar-refractivity contribution in [2.45, 2.75) is 26.4 Å². The zero-order valence-electron chi connectivity index (χ0n) is 8.50. The minimum atomic E-state index is -1.02. The van der Waals surface area contributed by atoms with Crippen LogP contribution in [0.15, 0.2) is 6.20 Å². The third-order valence-corrected chi connectivity index (χ3v) is 1.88. The van der Waals surface area contributed by atoms with Gasteiger partial charge in [0.2, 0.25) is 0 Å². The molecule has 14 heavy (non-hydrogen) atoms. The molecule has 0 atom stereocenters. The summed E-state index contributed by atoms with van der Waals surface area (Å²) in [5.74, 6) is -0.493. The first-order chi connectivity index (χ1) is 6.47. The van der Waals surface area contributed by atoms with E-state index >= 15 is 0 Å². The van der Waals surface area contributed by atoms with Crippen LogP contribution in [-0.4, -0.2) is 27.7 Å². The summed E-state index contributed by atoms with van der Waals surface area (Å²) in [4.78, 5) is 17.3. The normalized spacial score (nSPS) is 11.6. The van der Waals surface area contributed by atoms with Gasteiger partial charge in [0.05, 0.1) is 6.20 Å². The van der Waals surface area contributed by atoms with Crippen LogP contribution in [0.4, 0.5) is 0 Å². The third kappa shape index (κ3) is 2.11. The van der Waals surface area contributed by atoms with Crippen molar-refractivity contribution >= 4 is 5.97 Å². The smallest absolute Gasteiger partial charge is 0.353 e. The number of aromatic carboxylic acids is 1. The summed E-state index contributed by atoms with van der Waals surface area (Å²) in [7, 11) is 0. The number of H-pyrrole nitrogens is 1. The Labute approximate surface area is 82.1 Å². The number of carboxylic acid groups (broad SMARTS) is 1. The van der Waals surface area contributed by atoms with Crippen molar-refractivity contribution in [3.05, 3.63) is 17.7 Å². The zero-order valence-corrected chi connectivity index (χ0v) is 8.50. The van der Waals surface area contributed by atoms with Crippen molar-refractivity contribution in [3.63, 3.8) is 0 Å². The monoisotopic (exact) mass is 198 g/mol. The Balaban J connectivity index is 2.90. The molecule has 0 saturated carbocycles. The summed E-state index contributed by atoms with van der Waals surface area (Å²) in [5, 5.41) is 8.68. The Bertz CT molecular complexity index is 331. The lowest BCUT2D eigenvalue weighted by atomic mass is 10.1. The Kier molecular flexibility index (Phi) is 2.90. The van der Waals surface area contributed by atoms with Gasteiger partial charge in [-0.2, -0.15) is 0 Å². The lowest BCUT2D eigenvalue weighted by Crippen LogP contribution is -2.23. The van der Waals surface area contributed by atoms with Gasteiger partial charge < -0.3 is 14.8 Å². The van der Waals surface area contributed by atoms with Crippen LogP contribution < -0.4 is 0 Å². The fraction of sp³-hybridized carbons (Fsp3) is 0.556. The van der Waals surface area contributed by atoms with Gasteiger partial charge >= 0.3 is 5.97 Å². The van der Waals surface area contributed by atoms with Gasteiger partial charge in [0.15, 0.2) is 0 Å². The molecule has 5 nitrogen and oxygen atoms in total. The minimum Gasteiger partial charge on any atom is -0.477 e. The molecule has 0 unspecified atom stereocenters. The van der Waals surface area contributed by atoms with Crippen LogP contribution in [0.1, 0.15) is 37.1 Å². The van der Waals surface area contributed by atoms with E-state index in [1.54, 1.807) is 0 Å². The van der Waals surface area contributed by atoms with E-state index in [0.717, 1.165) is 0 Å². The highest BCUT2D eigenvalue weighted by atomic mass is 16.5. The Hall–Kier alpha value is -1.36. The third-order valence-electron chi connectivity index (χ3n) is 1.88. The molecule has 0 spiro atoms. The van der Waals surface area contributed by atoms with Gasteiger partial charge in [0, 0.05) is 6.61 Å². The number of hydrogen-bond acceptors (Lipinski definition) is 3. The molecule has 5 heteroatoms. The van der Waals surface area contributed by atoms with Gasteiger partial charge in [-0.3, -0.25) is 0 Å². The van der Waals surface area contributed by atoms with Crippen molar-refractivity contribution < 1.29 is 14.6 Å². The summed E-state index contributed by atoms with van der Waals surface area (Å²) in [5.41, 5.74) is -0.504. The largest absolute Gasteiger partial charge is 0.477 e. The predicted molar refractivity (Wildman–Crippen MR) is 50.2 cm³/mol. The van der Waals surface area contributed by atoms with Crippen LogP contribution in [0, 0.1) is 0 Å². The summed E-state index contributed by atoms with van der Waals surface area (Å²) in [6.07, 6.45) is 1.29. The Morgan fingerprint density at radius 2 is 2.36 bits per heavy atom. The van der Waals surface area contributed by atoms with Crippen molar-refractivity contribution in [2.75, 3.05) is 6.61 Å². The first-order valence-electron chi connectivity index (χ1n) is 4.40. The lowest BCUT2D eigenvalue weighted by Gasteiger charge is -2.21. The average Bonchev–Trinajstić information content (AvgIpc) is 2.51. The second-order valence-electron chi connectivity index (χ2n) is 3.39. The number of ether oxygens (including phenoxy) is 1. The maximum Gasteiger partial charge on any atom is 0.353 e. The SMILES string of the molecule is CCOC(C)(C)c1ncc(C(=O)O)[nH]1. The summed E-state index contributed by atoms with van der Waals surface area (Å²) < 4.78 is 5.42. The fourth-order valence-corrected chi connectivity index (χ4v) is 1.17. The fourth-order valence-electron chi connectivity index (χ4n) is 1.17. The highest BCUT2D eigenvalue weighted by Crippen LogP contribution is 2.21. The average molecular weight is 198 g/mol. The van der Waals surface area contributed by atoms with Crippen molar-refractivity contribution in [1.82, 2.24) is 9.97 Å². The molecule has 1 heterocycles. The quantitative estimate of drug-likeness (QED) is 0.766. The molecule has 0 saturated heterocycles. The molecule has 0 radical (unpaired) electrons. The number of carbonyl (C=O) groups is 1. The molecular weight excluding hydrogens is 184 g/mol. The van der Waals surface area contributed by atoms with Crippen LogP contribution in [0.25, 0.3) is 0 Å². The number of aromatic amines is 1. The van der Waals surface area contributed by atoms with E-state index in [2.05, 4.69) is 9.97 Å². The molecule has 0 aliphatic heterocycles. The predicted octanol–water partition coefficient (Wildman–Crippen LogP) is 1.38. The minimum absolute atomic E-state index is 0.0766. The second kappa shape index (κ2) is 3.79. The number of nitrogens with zero attached hydrogens (tertiary/aromatic N) is 1.